The summed E-state index contributed by atoms with van der Waals surface area (Å²) >= 11 is 5.19. The van der Waals surface area contributed by atoms with E-state index in [2.05, 4.69) is 10.6 Å². The molecular weight excluding hydrogens is 296 g/mol. The molecule has 20 heavy (non-hydrogen) atoms. The Kier molecular flexibility index (Phi) is 6.22. The van der Waals surface area contributed by atoms with Gasteiger partial charge in [-0.25, -0.2) is 8.42 Å². The van der Waals surface area contributed by atoms with Crippen LogP contribution in [-0.4, -0.2) is 38.7 Å². The molecule has 0 aliphatic heterocycles. The SMILES string of the molecule is COc1cccc(NC(=S)N[C@H](C)CCS(C)(=O)=O)c1. The lowest BCUT2D eigenvalue weighted by Gasteiger charge is -2.16. The molecule has 0 fully saturated rings. The molecular formula is C13H20N2O3S2. The van der Waals surface area contributed by atoms with Gasteiger partial charge in [-0.2, -0.15) is 0 Å². The van der Waals surface area contributed by atoms with Crippen LogP contribution < -0.4 is 15.4 Å². The quantitative estimate of drug-likeness (QED) is 0.780. The number of rotatable bonds is 6. The smallest absolute Gasteiger partial charge is 0.170 e. The van der Waals surface area contributed by atoms with Crippen LogP contribution >= 0.6 is 12.2 Å². The predicted octanol–water partition coefficient (Wildman–Crippen LogP) is 1.80. The van der Waals surface area contributed by atoms with Crippen molar-refractivity contribution in [2.75, 3.05) is 24.4 Å². The van der Waals surface area contributed by atoms with Crippen LogP contribution in [0.2, 0.25) is 0 Å². The van der Waals surface area contributed by atoms with Crippen molar-refractivity contribution in [3.8, 4) is 5.75 Å². The van der Waals surface area contributed by atoms with Crippen molar-refractivity contribution < 1.29 is 13.2 Å². The van der Waals surface area contributed by atoms with Gasteiger partial charge in [0, 0.05) is 24.1 Å². The van der Waals surface area contributed by atoms with E-state index in [-0.39, 0.29) is 11.8 Å². The van der Waals surface area contributed by atoms with Crippen molar-refractivity contribution in [3.63, 3.8) is 0 Å². The molecule has 1 aromatic carbocycles. The van der Waals surface area contributed by atoms with Gasteiger partial charge in [-0.05, 0) is 37.7 Å². The van der Waals surface area contributed by atoms with Gasteiger partial charge in [0.15, 0.2) is 5.11 Å². The largest absolute Gasteiger partial charge is 0.497 e. The Balaban J connectivity index is 2.46. The summed E-state index contributed by atoms with van der Waals surface area (Å²) < 4.78 is 27.3. The zero-order valence-electron chi connectivity index (χ0n) is 11.8. The first-order chi connectivity index (χ1) is 9.30. The average molecular weight is 316 g/mol. The van der Waals surface area contributed by atoms with E-state index in [1.807, 2.05) is 31.2 Å². The first-order valence-corrected chi connectivity index (χ1v) is 8.66. The van der Waals surface area contributed by atoms with Gasteiger partial charge in [0.2, 0.25) is 0 Å². The van der Waals surface area contributed by atoms with E-state index in [1.54, 1.807) is 7.11 Å². The van der Waals surface area contributed by atoms with Crippen LogP contribution in [0, 0.1) is 0 Å². The monoisotopic (exact) mass is 316 g/mol. The normalized spacial score (nSPS) is 12.6. The molecule has 2 N–H and O–H groups in total. The van der Waals surface area contributed by atoms with Crippen LogP contribution in [-0.2, 0) is 9.84 Å². The molecule has 0 radical (unpaired) electrons. The van der Waals surface area contributed by atoms with Crippen LogP contribution in [0.4, 0.5) is 5.69 Å². The van der Waals surface area contributed by atoms with Crippen molar-refractivity contribution >= 4 is 32.9 Å². The molecule has 0 bridgehead atoms. The molecule has 112 valence electrons. The molecule has 0 aromatic heterocycles. The number of ether oxygens (including phenoxy) is 1. The standard InChI is InChI=1S/C13H20N2O3S2/c1-10(7-8-20(3,16)17)14-13(19)15-11-5-4-6-12(9-11)18-2/h4-6,9-10H,7-8H2,1-3H3,(H2,14,15,19)/t10-/m1/s1. The third-order valence-electron chi connectivity index (χ3n) is 2.63. The lowest BCUT2D eigenvalue weighted by Crippen LogP contribution is -2.36. The number of methoxy groups -OCH3 is 1. The number of hydrogen-bond donors (Lipinski definition) is 2. The van der Waals surface area contributed by atoms with Gasteiger partial charge in [-0.1, -0.05) is 6.07 Å². The molecule has 5 nitrogen and oxygen atoms in total. The summed E-state index contributed by atoms with van der Waals surface area (Å²) in [7, 11) is -1.34. The maximum Gasteiger partial charge on any atom is 0.170 e. The minimum Gasteiger partial charge on any atom is -0.497 e. The minimum absolute atomic E-state index is 0.0182. The lowest BCUT2D eigenvalue weighted by atomic mass is 10.2. The van der Waals surface area contributed by atoms with Gasteiger partial charge in [0.05, 0.1) is 12.9 Å². The first-order valence-electron chi connectivity index (χ1n) is 6.19. The van der Waals surface area contributed by atoms with Gasteiger partial charge < -0.3 is 15.4 Å². The molecule has 1 atom stereocenters. The molecule has 0 unspecified atom stereocenters. The Bertz CT molecular complexity index is 558. The second-order valence-electron chi connectivity index (χ2n) is 4.65. The third kappa shape index (κ3) is 6.72. The number of anilines is 1. The molecule has 0 spiro atoms. The number of nitrogens with one attached hydrogen (secondary N) is 2. The molecule has 0 heterocycles. The third-order valence-corrected chi connectivity index (χ3v) is 3.82. The van der Waals surface area contributed by atoms with Gasteiger partial charge in [0.25, 0.3) is 0 Å². The van der Waals surface area contributed by atoms with Crippen molar-refractivity contribution in [2.45, 2.75) is 19.4 Å². The van der Waals surface area contributed by atoms with Crippen LogP contribution in [0.3, 0.4) is 0 Å². The van der Waals surface area contributed by atoms with E-state index in [9.17, 15) is 8.42 Å². The number of benzene rings is 1. The van der Waals surface area contributed by atoms with E-state index < -0.39 is 9.84 Å². The highest BCUT2D eigenvalue weighted by atomic mass is 32.2. The van der Waals surface area contributed by atoms with Crippen molar-refractivity contribution in [1.82, 2.24) is 5.32 Å². The van der Waals surface area contributed by atoms with Crippen molar-refractivity contribution in [2.24, 2.45) is 0 Å². The Morgan fingerprint density at radius 3 is 2.75 bits per heavy atom. The zero-order valence-corrected chi connectivity index (χ0v) is 13.5. The summed E-state index contributed by atoms with van der Waals surface area (Å²) in [5.74, 6) is 0.881. The molecule has 0 saturated carbocycles. The second kappa shape index (κ2) is 7.44. The van der Waals surface area contributed by atoms with Crippen molar-refractivity contribution in [3.05, 3.63) is 24.3 Å². The predicted molar refractivity (Wildman–Crippen MR) is 86.1 cm³/mol. The fraction of sp³-hybridized carbons (Fsp3) is 0.462. The summed E-state index contributed by atoms with van der Waals surface area (Å²) in [6.07, 6.45) is 1.74. The van der Waals surface area contributed by atoms with Crippen LogP contribution in [0.5, 0.6) is 5.75 Å². The Labute approximate surface area is 125 Å². The summed E-state index contributed by atoms with van der Waals surface area (Å²) in [5.41, 5.74) is 0.817. The Hall–Kier alpha value is -1.34. The Morgan fingerprint density at radius 2 is 2.15 bits per heavy atom. The van der Waals surface area contributed by atoms with E-state index in [0.29, 0.717) is 11.5 Å². The molecule has 0 aliphatic rings. The molecule has 0 aliphatic carbocycles. The highest BCUT2D eigenvalue weighted by Crippen LogP contribution is 2.16. The van der Waals surface area contributed by atoms with E-state index in [4.69, 9.17) is 17.0 Å². The Morgan fingerprint density at radius 1 is 1.45 bits per heavy atom. The van der Waals surface area contributed by atoms with Crippen LogP contribution in [0.15, 0.2) is 24.3 Å². The number of sulfone groups is 1. The highest BCUT2D eigenvalue weighted by molar-refractivity contribution is 7.90. The maximum atomic E-state index is 11.1. The molecule has 7 heteroatoms. The topological polar surface area (TPSA) is 67.4 Å². The van der Waals surface area contributed by atoms with Gasteiger partial charge in [0.1, 0.15) is 15.6 Å². The summed E-state index contributed by atoms with van der Waals surface area (Å²) in [6.45, 7) is 1.89. The van der Waals surface area contributed by atoms with E-state index in [1.165, 1.54) is 6.26 Å². The van der Waals surface area contributed by atoms with Crippen LogP contribution in [0.25, 0.3) is 0 Å². The summed E-state index contributed by atoms with van der Waals surface area (Å²) in [4.78, 5) is 0. The zero-order chi connectivity index (χ0) is 15.2. The van der Waals surface area contributed by atoms with Gasteiger partial charge >= 0.3 is 0 Å². The molecule has 0 saturated heterocycles. The molecule has 1 aromatic rings. The van der Waals surface area contributed by atoms with E-state index in [0.717, 1.165) is 11.4 Å². The second-order valence-corrected chi connectivity index (χ2v) is 7.32. The minimum atomic E-state index is -2.94. The summed E-state index contributed by atoms with van der Waals surface area (Å²) in [5, 5.41) is 6.55. The molecule has 0 amide bonds. The lowest BCUT2D eigenvalue weighted by molar-refractivity contribution is 0.415. The number of hydrogen-bond acceptors (Lipinski definition) is 4. The van der Waals surface area contributed by atoms with Crippen molar-refractivity contribution in [1.29, 1.82) is 0 Å². The maximum absolute atomic E-state index is 11.1. The van der Waals surface area contributed by atoms with Gasteiger partial charge in [-0.3, -0.25) is 0 Å². The summed E-state index contributed by atoms with van der Waals surface area (Å²) in [6, 6.07) is 7.38. The number of thiocarbonyl (C=S) groups is 1. The van der Waals surface area contributed by atoms with Crippen LogP contribution in [0.1, 0.15) is 13.3 Å². The highest BCUT2D eigenvalue weighted by Gasteiger charge is 2.09. The molecule has 1 rings (SSSR count). The van der Waals surface area contributed by atoms with Gasteiger partial charge in [-0.15, -0.1) is 0 Å². The van der Waals surface area contributed by atoms with E-state index >= 15 is 0 Å². The fourth-order valence-corrected chi connectivity index (χ4v) is 2.66. The first kappa shape index (κ1) is 16.7. The average Bonchev–Trinajstić information content (AvgIpc) is 2.35. The fourth-order valence-electron chi connectivity index (χ4n) is 1.55.